The number of aromatic nitrogens is 1. The molecule has 0 bridgehead atoms. The van der Waals surface area contributed by atoms with Gasteiger partial charge in [-0.25, -0.2) is 12.8 Å². The Kier molecular flexibility index (Phi) is 4.27. The average molecular weight is 325 g/mol. The molecular formula is C13H12FN3O4S. The van der Waals surface area contributed by atoms with E-state index in [0.717, 1.165) is 12.1 Å². The third-order valence-corrected chi connectivity index (χ3v) is 4.09. The van der Waals surface area contributed by atoms with Crippen molar-refractivity contribution >= 4 is 21.6 Å². The van der Waals surface area contributed by atoms with Gasteiger partial charge in [-0.2, -0.15) is 0 Å². The maximum absolute atomic E-state index is 13.3. The van der Waals surface area contributed by atoms with E-state index in [-0.39, 0.29) is 21.9 Å². The van der Waals surface area contributed by atoms with Crippen molar-refractivity contribution in [1.82, 2.24) is 4.98 Å². The fraction of sp³-hybridized carbons (Fsp3) is 0.0769. The Hall–Kier alpha value is -2.68. The predicted octanol–water partition coefficient (Wildman–Crippen LogP) is 1.13. The summed E-state index contributed by atoms with van der Waals surface area (Å²) in [6, 6.07) is 4.32. The Morgan fingerprint density at radius 2 is 2.05 bits per heavy atom. The molecule has 0 aliphatic heterocycles. The number of halogens is 1. The molecule has 0 unspecified atom stereocenters. The molecule has 3 N–H and O–H groups in total. The minimum absolute atomic E-state index is 0.0163. The molecular weight excluding hydrogens is 313 g/mol. The topological polar surface area (TPSA) is 111 Å². The smallest absolute Gasteiger partial charge is 0.265 e. The summed E-state index contributed by atoms with van der Waals surface area (Å²) in [5.41, 5.74) is 5.15. The van der Waals surface area contributed by atoms with Crippen molar-refractivity contribution in [2.75, 3.05) is 11.8 Å². The number of carbonyl (C=O) groups excluding carboxylic acids is 1. The summed E-state index contributed by atoms with van der Waals surface area (Å²) < 4.78 is 45.0. The second kappa shape index (κ2) is 5.98. The van der Waals surface area contributed by atoms with Gasteiger partial charge in [0, 0.05) is 6.20 Å². The molecule has 0 radical (unpaired) electrons. The van der Waals surface area contributed by atoms with E-state index in [2.05, 4.69) is 9.71 Å². The molecule has 7 nitrogen and oxygen atoms in total. The van der Waals surface area contributed by atoms with Crippen molar-refractivity contribution in [3.05, 3.63) is 48.0 Å². The third kappa shape index (κ3) is 3.31. The minimum atomic E-state index is -4.13. The number of nitrogens with one attached hydrogen (secondary N) is 1. The first kappa shape index (κ1) is 15.7. The third-order valence-electron chi connectivity index (χ3n) is 2.69. The lowest BCUT2D eigenvalue weighted by Crippen LogP contribution is -2.16. The molecule has 0 atom stereocenters. The van der Waals surface area contributed by atoms with Crippen molar-refractivity contribution in [1.29, 1.82) is 0 Å². The standard InChI is InChI=1S/C13H12FN3O4S/c1-21-11-3-2-9(14)5-12(11)22(19,20)17-10-4-8(13(15)18)6-16-7-10/h2-7,17H,1H3,(H2,15,18). The quantitative estimate of drug-likeness (QED) is 0.856. The van der Waals surface area contributed by atoms with Crippen molar-refractivity contribution in [2.45, 2.75) is 4.90 Å². The van der Waals surface area contributed by atoms with Crippen LogP contribution in [0.5, 0.6) is 5.75 Å². The van der Waals surface area contributed by atoms with Crippen molar-refractivity contribution in [3.8, 4) is 5.75 Å². The highest BCUT2D eigenvalue weighted by Gasteiger charge is 2.21. The number of nitrogens with two attached hydrogens (primary N) is 1. The fourth-order valence-corrected chi connectivity index (χ4v) is 2.92. The van der Waals surface area contributed by atoms with Gasteiger partial charge in [0.1, 0.15) is 16.5 Å². The molecule has 9 heteroatoms. The molecule has 0 saturated carbocycles. The lowest BCUT2D eigenvalue weighted by Gasteiger charge is -2.11. The number of rotatable bonds is 5. The molecule has 2 aromatic rings. The van der Waals surface area contributed by atoms with Crippen molar-refractivity contribution in [2.24, 2.45) is 5.73 Å². The van der Waals surface area contributed by atoms with Crippen LogP contribution in [0.15, 0.2) is 41.6 Å². The second-order valence-electron chi connectivity index (χ2n) is 4.23. The van der Waals surface area contributed by atoms with Gasteiger partial charge in [-0.3, -0.25) is 14.5 Å². The molecule has 116 valence electrons. The van der Waals surface area contributed by atoms with Crippen LogP contribution in [-0.4, -0.2) is 26.4 Å². The molecule has 0 aliphatic carbocycles. The molecule has 0 aliphatic rings. The van der Waals surface area contributed by atoms with Gasteiger partial charge in [0.25, 0.3) is 10.0 Å². The highest BCUT2D eigenvalue weighted by Crippen LogP contribution is 2.26. The van der Waals surface area contributed by atoms with E-state index in [9.17, 15) is 17.6 Å². The van der Waals surface area contributed by atoms with Crippen LogP contribution in [0.4, 0.5) is 10.1 Å². The van der Waals surface area contributed by atoms with Gasteiger partial charge < -0.3 is 10.5 Å². The highest BCUT2D eigenvalue weighted by molar-refractivity contribution is 7.92. The lowest BCUT2D eigenvalue weighted by atomic mass is 10.2. The van der Waals surface area contributed by atoms with Crippen LogP contribution < -0.4 is 15.2 Å². The van der Waals surface area contributed by atoms with Crippen molar-refractivity contribution in [3.63, 3.8) is 0 Å². The van der Waals surface area contributed by atoms with Crippen molar-refractivity contribution < 1.29 is 22.3 Å². The van der Waals surface area contributed by atoms with E-state index >= 15 is 0 Å². The normalized spacial score (nSPS) is 11.0. The number of benzene rings is 1. The zero-order valence-corrected chi connectivity index (χ0v) is 12.2. The maximum atomic E-state index is 13.3. The van der Waals surface area contributed by atoms with Gasteiger partial charge in [0.05, 0.1) is 24.6 Å². The number of ether oxygens (including phenoxy) is 1. The molecule has 2 rings (SSSR count). The number of anilines is 1. The molecule has 0 fully saturated rings. The number of primary amides is 1. The molecule has 0 spiro atoms. The first-order valence-electron chi connectivity index (χ1n) is 5.94. The SMILES string of the molecule is COc1ccc(F)cc1S(=O)(=O)Nc1cncc(C(N)=O)c1. The van der Waals surface area contributed by atoms with Crippen LogP contribution in [0.2, 0.25) is 0 Å². The minimum Gasteiger partial charge on any atom is -0.495 e. The first-order chi connectivity index (χ1) is 10.3. The Bertz CT molecular complexity index is 824. The molecule has 0 saturated heterocycles. The van der Waals surface area contributed by atoms with E-state index in [1.807, 2.05) is 0 Å². The average Bonchev–Trinajstić information content (AvgIpc) is 2.47. The molecule has 1 aromatic heterocycles. The Balaban J connectivity index is 2.42. The van der Waals surface area contributed by atoms with Gasteiger partial charge in [-0.05, 0) is 24.3 Å². The van der Waals surface area contributed by atoms with Crippen LogP contribution in [-0.2, 0) is 10.0 Å². The van der Waals surface area contributed by atoms with Crippen LogP contribution in [0.3, 0.4) is 0 Å². The van der Waals surface area contributed by atoms with Gasteiger partial charge in [-0.15, -0.1) is 0 Å². The van der Waals surface area contributed by atoms with Crippen LogP contribution in [0.1, 0.15) is 10.4 Å². The van der Waals surface area contributed by atoms with Gasteiger partial charge >= 0.3 is 0 Å². The van der Waals surface area contributed by atoms with Crippen LogP contribution in [0, 0.1) is 5.82 Å². The summed E-state index contributed by atoms with van der Waals surface area (Å²) in [6.07, 6.45) is 2.39. The Morgan fingerprint density at radius 3 is 2.68 bits per heavy atom. The van der Waals surface area contributed by atoms with E-state index in [4.69, 9.17) is 10.5 Å². The summed E-state index contributed by atoms with van der Waals surface area (Å²) in [7, 11) is -2.86. The molecule has 1 heterocycles. The summed E-state index contributed by atoms with van der Waals surface area (Å²) in [6.45, 7) is 0. The van der Waals surface area contributed by atoms with Gasteiger partial charge in [-0.1, -0.05) is 0 Å². The van der Waals surface area contributed by atoms with Crippen LogP contribution in [0.25, 0.3) is 0 Å². The van der Waals surface area contributed by atoms with Crippen LogP contribution >= 0.6 is 0 Å². The van der Waals surface area contributed by atoms with E-state index in [0.29, 0.717) is 0 Å². The summed E-state index contributed by atoms with van der Waals surface area (Å²) in [4.78, 5) is 14.4. The van der Waals surface area contributed by atoms with E-state index in [1.54, 1.807) is 0 Å². The first-order valence-corrected chi connectivity index (χ1v) is 7.43. The molecule has 1 amide bonds. The number of nitrogens with zero attached hydrogens (tertiary/aromatic N) is 1. The summed E-state index contributed by atoms with van der Waals surface area (Å²) in [5.74, 6) is -1.50. The Morgan fingerprint density at radius 1 is 1.32 bits per heavy atom. The predicted molar refractivity (Wildman–Crippen MR) is 76.5 cm³/mol. The number of hydrogen-bond donors (Lipinski definition) is 2. The zero-order chi connectivity index (χ0) is 16.3. The van der Waals surface area contributed by atoms with Gasteiger partial charge in [0.2, 0.25) is 5.91 Å². The number of carbonyl (C=O) groups is 1. The molecule has 22 heavy (non-hydrogen) atoms. The fourth-order valence-electron chi connectivity index (χ4n) is 1.70. The maximum Gasteiger partial charge on any atom is 0.265 e. The number of hydrogen-bond acceptors (Lipinski definition) is 5. The Labute approximate surface area is 126 Å². The monoisotopic (exact) mass is 325 g/mol. The number of pyridine rings is 1. The number of sulfonamides is 1. The largest absolute Gasteiger partial charge is 0.495 e. The van der Waals surface area contributed by atoms with E-state index in [1.165, 1.54) is 31.6 Å². The second-order valence-corrected chi connectivity index (χ2v) is 5.88. The number of amides is 1. The number of methoxy groups -OCH3 is 1. The lowest BCUT2D eigenvalue weighted by molar-refractivity contribution is 0.1000. The zero-order valence-electron chi connectivity index (χ0n) is 11.4. The summed E-state index contributed by atoms with van der Waals surface area (Å²) in [5, 5.41) is 0. The molecule has 1 aromatic carbocycles. The van der Waals surface area contributed by atoms with Gasteiger partial charge in [0.15, 0.2) is 0 Å². The highest BCUT2D eigenvalue weighted by atomic mass is 32.2. The van der Waals surface area contributed by atoms with E-state index < -0.39 is 21.7 Å². The summed E-state index contributed by atoms with van der Waals surface area (Å²) >= 11 is 0.